The van der Waals surface area contributed by atoms with Gasteiger partial charge in [0.1, 0.15) is 0 Å². The Balaban J connectivity index is 4.38. The Labute approximate surface area is 135 Å². The average Bonchev–Trinajstić information content (AvgIpc) is 2.14. The van der Waals surface area contributed by atoms with Crippen LogP contribution in [-0.4, -0.2) is 39.7 Å². The van der Waals surface area contributed by atoms with Crippen molar-refractivity contribution in [2.75, 3.05) is 19.8 Å². The average molecular weight is 383 g/mol. The van der Waals surface area contributed by atoms with Gasteiger partial charge in [-0.25, -0.2) is 4.79 Å². The Kier molecular flexibility index (Phi) is 8.95. The van der Waals surface area contributed by atoms with E-state index in [0.717, 1.165) is 0 Å². The predicted octanol–water partition coefficient (Wildman–Crippen LogP) is 3.65. The van der Waals surface area contributed by atoms with E-state index in [1.165, 1.54) is 0 Å². The molecule has 0 fully saturated rings. The molecule has 108 valence electrons. The highest BCUT2D eigenvalue weighted by Gasteiger charge is 2.30. The summed E-state index contributed by atoms with van der Waals surface area (Å²) in [5, 5.41) is 0. The van der Waals surface area contributed by atoms with Crippen molar-refractivity contribution in [1.29, 1.82) is 0 Å². The Morgan fingerprint density at radius 3 is 1.67 bits per heavy atom. The molecule has 0 saturated carbocycles. The minimum absolute atomic E-state index is 0.129. The maximum Gasteiger partial charge on any atom is 0.363 e. The number of esters is 1. The third-order valence-electron chi connectivity index (χ3n) is 1.28. The summed E-state index contributed by atoms with van der Waals surface area (Å²) >= 11 is 32.8. The molecule has 0 aromatic rings. The lowest BCUT2D eigenvalue weighted by Crippen LogP contribution is -2.34. The second kappa shape index (κ2) is 8.42. The maximum atomic E-state index is 11.4. The maximum absolute atomic E-state index is 11.4. The van der Waals surface area contributed by atoms with E-state index in [9.17, 15) is 4.79 Å². The molecule has 18 heavy (non-hydrogen) atoms. The fraction of sp³-hybridized carbons (Fsp3) is 0.875. The molecule has 0 aliphatic heterocycles. The van der Waals surface area contributed by atoms with E-state index in [-0.39, 0.29) is 19.8 Å². The van der Waals surface area contributed by atoms with E-state index in [4.69, 9.17) is 79.1 Å². The first-order valence-electron chi connectivity index (χ1n) is 4.58. The molecule has 0 N–H and O–H groups in total. The molecular weight excluding hydrogens is 373 g/mol. The molecule has 0 aliphatic rings. The van der Waals surface area contributed by atoms with Crippen LogP contribution >= 0.6 is 69.6 Å². The molecule has 0 atom stereocenters. The summed E-state index contributed by atoms with van der Waals surface area (Å²) in [5.41, 5.74) is 0. The summed E-state index contributed by atoms with van der Waals surface area (Å²) < 4.78 is 11.2. The van der Waals surface area contributed by atoms with E-state index in [0.29, 0.717) is 0 Å². The van der Waals surface area contributed by atoms with Crippen molar-refractivity contribution in [1.82, 2.24) is 0 Å². The minimum Gasteiger partial charge on any atom is -0.462 e. The van der Waals surface area contributed by atoms with Crippen LogP contribution in [0.3, 0.4) is 0 Å². The van der Waals surface area contributed by atoms with Crippen molar-refractivity contribution in [3.05, 3.63) is 0 Å². The Morgan fingerprint density at radius 2 is 1.39 bits per heavy atom. The number of alkyl halides is 6. The van der Waals surface area contributed by atoms with Crippen molar-refractivity contribution < 1.29 is 19.0 Å². The van der Waals surface area contributed by atoms with Gasteiger partial charge in [0.15, 0.2) is 0 Å². The van der Waals surface area contributed by atoms with Crippen molar-refractivity contribution in [3.63, 3.8) is 0 Å². The molecule has 0 heterocycles. The van der Waals surface area contributed by atoms with Crippen LogP contribution in [0.15, 0.2) is 0 Å². The standard InChI is InChI=1S/C8H10Cl6O4/c1-2-16-5(15)6(17-3-7(9,10)11)18-4-8(12,13)14/h6H,2-4H2,1H3. The monoisotopic (exact) mass is 380 g/mol. The molecule has 0 rings (SSSR count). The first kappa shape index (κ1) is 19.1. The summed E-state index contributed by atoms with van der Waals surface area (Å²) in [6, 6.07) is 0. The lowest BCUT2D eigenvalue weighted by atomic mass is 10.6. The van der Waals surface area contributed by atoms with Gasteiger partial charge in [0.05, 0.1) is 19.8 Å². The van der Waals surface area contributed by atoms with Gasteiger partial charge in [0.2, 0.25) is 7.59 Å². The van der Waals surface area contributed by atoms with Gasteiger partial charge >= 0.3 is 5.97 Å². The van der Waals surface area contributed by atoms with Crippen molar-refractivity contribution in [2.24, 2.45) is 0 Å². The van der Waals surface area contributed by atoms with Crippen molar-refractivity contribution in [3.8, 4) is 0 Å². The van der Waals surface area contributed by atoms with E-state index in [1.54, 1.807) is 6.92 Å². The lowest BCUT2D eigenvalue weighted by molar-refractivity contribution is -0.194. The van der Waals surface area contributed by atoms with Crippen LogP contribution in [0.25, 0.3) is 0 Å². The predicted molar refractivity (Wildman–Crippen MR) is 72.9 cm³/mol. The number of ether oxygens (including phenoxy) is 3. The molecule has 0 unspecified atom stereocenters. The summed E-state index contributed by atoms with van der Waals surface area (Å²) in [6.07, 6.45) is -1.43. The molecule has 0 aromatic carbocycles. The van der Waals surface area contributed by atoms with Crippen LogP contribution < -0.4 is 0 Å². The van der Waals surface area contributed by atoms with Crippen LogP contribution in [0, 0.1) is 0 Å². The van der Waals surface area contributed by atoms with E-state index < -0.39 is 19.8 Å². The lowest BCUT2D eigenvalue weighted by Gasteiger charge is -2.21. The highest BCUT2D eigenvalue weighted by molar-refractivity contribution is 6.68. The minimum atomic E-state index is -1.70. The molecule has 0 amide bonds. The molecule has 0 radical (unpaired) electrons. The van der Waals surface area contributed by atoms with E-state index in [2.05, 4.69) is 4.74 Å². The summed E-state index contributed by atoms with van der Waals surface area (Å²) in [7, 11) is 0. The van der Waals surface area contributed by atoms with Gasteiger partial charge in [-0.15, -0.1) is 0 Å². The highest BCUT2D eigenvalue weighted by Crippen LogP contribution is 2.28. The second-order valence-electron chi connectivity index (χ2n) is 2.94. The number of hydrogen-bond donors (Lipinski definition) is 0. The third-order valence-corrected chi connectivity index (χ3v) is 1.93. The summed E-state index contributed by atoms with van der Waals surface area (Å²) in [5.74, 6) is -0.805. The Bertz CT molecular complexity index is 243. The fourth-order valence-electron chi connectivity index (χ4n) is 0.735. The molecule has 0 spiro atoms. The van der Waals surface area contributed by atoms with E-state index in [1.807, 2.05) is 0 Å². The van der Waals surface area contributed by atoms with Gasteiger partial charge in [0.25, 0.3) is 6.29 Å². The highest BCUT2D eigenvalue weighted by atomic mass is 35.6. The van der Waals surface area contributed by atoms with Crippen LogP contribution in [-0.2, 0) is 19.0 Å². The molecule has 0 aromatic heterocycles. The smallest absolute Gasteiger partial charge is 0.363 e. The first-order valence-corrected chi connectivity index (χ1v) is 6.85. The van der Waals surface area contributed by atoms with Gasteiger partial charge in [-0.2, -0.15) is 0 Å². The number of hydrogen-bond acceptors (Lipinski definition) is 4. The first-order chi connectivity index (χ1) is 8.05. The number of halogens is 6. The largest absolute Gasteiger partial charge is 0.462 e. The van der Waals surface area contributed by atoms with Gasteiger partial charge in [-0.05, 0) is 6.92 Å². The zero-order valence-electron chi connectivity index (χ0n) is 9.10. The number of carbonyl (C=O) groups excluding carboxylic acids is 1. The third kappa shape index (κ3) is 11.0. The molecule has 10 heteroatoms. The van der Waals surface area contributed by atoms with Crippen LogP contribution in [0.4, 0.5) is 0 Å². The number of carbonyl (C=O) groups is 1. The summed E-state index contributed by atoms with van der Waals surface area (Å²) in [4.78, 5) is 11.4. The van der Waals surface area contributed by atoms with Crippen molar-refractivity contribution >= 4 is 75.6 Å². The SMILES string of the molecule is CCOC(=O)C(OCC(Cl)(Cl)Cl)OCC(Cl)(Cl)Cl. The van der Waals surface area contributed by atoms with Crippen LogP contribution in [0.5, 0.6) is 0 Å². The van der Waals surface area contributed by atoms with Crippen LogP contribution in [0.2, 0.25) is 0 Å². The fourth-order valence-corrected chi connectivity index (χ4v) is 1.11. The Morgan fingerprint density at radius 1 is 1.00 bits per heavy atom. The zero-order chi connectivity index (χ0) is 14.4. The van der Waals surface area contributed by atoms with Gasteiger partial charge in [0, 0.05) is 0 Å². The molecular formula is C8H10Cl6O4. The van der Waals surface area contributed by atoms with Gasteiger partial charge in [-0.3, -0.25) is 0 Å². The van der Waals surface area contributed by atoms with Crippen molar-refractivity contribution in [2.45, 2.75) is 20.8 Å². The van der Waals surface area contributed by atoms with Gasteiger partial charge in [-0.1, -0.05) is 69.6 Å². The van der Waals surface area contributed by atoms with Crippen LogP contribution in [0.1, 0.15) is 6.92 Å². The zero-order valence-corrected chi connectivity index (χ0v) is 13.6. The number of rotatable bonds is 6. The molecule has 0 saturated heterocycles. The van der Waals surface area contributed by atoms with E-state index >= 15 is 0 Å². The normalized spacial score (nSPS) is 12.9. The summed E-state index contributed by atoms with van der Waals surface area (Å²) in [6.45, 7) is 0.963. The topological polar surface area (TPSA) is 44.8 Å². The quantitative estimate of drug-likeness (QED) is 0.399. The molecule has 0 bridgehead atoms. The Hall–Kier alpha value is 1.13. The second-order valence-corrected chi connectivity index (χ2v) is 7.97. The molecule has 4 nitrogen and oxygen atoms in total. The van der Waals surface area contributed by atoms with Gasteiger partial charge < -0.3 is 14.2 Å². The molecule has 0 aliphatic carbocycles.